The smallest absolute Gasteiger partial charge is 0.274 e. The first-order valence-electron chi connectivity index (χ1n) is 10.4. The predicted octanol–water partition coefficient (Wildman–Crippen LogP) is 3.61. The number of hydrogen-bond acceptors (Lipinski definition) is 4. The summed E-state index contributed by atoms with van der Waals surface area (Å²) < 4.78 is 1.79. The first kappa shape index (κ1) is 19.5. The fourth-order valence-corrected chi connectivity index (χ4v) is 4.07. The standard InChI is InChI=1S/C22H30N6O/c1-5-28-14-11-18(26-28)19(29)27-13-8-12-22(15-27)20(25-21(2,3)4)23-16-9-6-7-10-17(16)24-22/h6-7,9-11,14,24H,5,8,12-13,15H2,1-4H3,(H,23,25)/t22-/m0/s1. The molecule has 4 rings (SSSR count). The molecule has 2 aliphatic heterocycles. The molecular weight excluding hydrogens is 364 g/mol. The lowest BCUT2D eigenvalue weighted by Gasteiger charge is -2.47. The predicted molar refractivity (Wildman–Crippen MR) is 117 cm³/mol. The number of benzene rings is 1. The quantitative estimate of drug-likeness (QED) is 0.816. The van der Waals surface area contributed by atoms with E-state index in [2.05, 4.69) is 48.6 Å². The first-order chi connectivity index (χ1) is 13.8. The normalized spacial score (nSPS) is 22.9. The molecule has 7 nitrogen and oxygen atoms in total. The van der Waals surface area contributed by atoms with Crippen molar-refractivity contribution >= 4 is 23.1 Å². The monoisotopic (exact) mass is 394 g/mol. The summed E-state index contributed by atoms with van der Waals surface area (Å²) >= 11 is 0. The Bertz CT molecular complexity index is 941. The van der Waals surface area contributed by atoms with E-state index in [4.69, 9.17) is 4.99 Å². The van der Waals surface area contributed by atoms with Gasteiger partial charge >= 0.3 is 0 Å². The molecule has 0 aliphatic carbocycles. The molecular formula is C22H30N6O. The molecule has 29 heavy (non-hydrogen) atoms. The van der Waals surface area contributed by atoms with Crippen molar-refractivity contribution in [2.45, 2.75) is 58.2 Å². The van der Waals surface area contributed by atoms with Crippen LogP contribution in [0.4, 0.5) is 11.4 Å². The number of aromatic nitrogens is 2. The summed E-state index contributed by atoms with van der Waals surface area (Å²) in [5.41, 5.74) is 1.91. The van der Waals surface area contributed by atoms with Gasteiger partial charge in [0.25, 0.3) is 5.91 Å². The number of piperidine rings is 1. The highest BCUT2D eigenvalue weighted by atomic mass is 16.2. The molecule has 1 fully saturated rings. The summed E-state index contributed by atoms with van der Waals surface area (Å²) in [5.74, 6) is 0.882. The maximum absolute atomic E-state index is 13.2. The number of aliphatic imine (C=N–C) groups is 1. The number of nitrogens with zero attached hydrogens (tertiary/aromatic N) is 4. The average molecular weight is 395 g/mol. The molecule has 1 spiro atoms. The molecule has 1 atom stereocenters. The lowest BCUT2D eigenvalue weighted by atomic mass is 9.84. The van der Waals surface area contributed by atoms with Gasteiger partial charge in [-0.2, -0.15) is 5.10 Å². The van der Waals surface area contributed by atoms with Crippen LogP contribution in [-0.2, 0) is 6.54 Å². The molecule has 1 saturated heterocycles. The van der Waals surface area contributed by atoms with E-state index in [-0.39, 0.29) is 11.4 Å². The van der Waals surface area contributed by atoms with Crippen molar-refractivity contribution in [3.8, 4) is 0 Å². The topological polar surface area (TPSA) is 74.6 Å². The Morgan fingerprint density at radius 3 is 2.69 bits per heavy atom. The highest BCUT2D eigenvalue weighted by Gasteiger charge is 2.45. The van der Waals surface area contributed by atoms with Crippen molar-refractivity contribution in [1.29, 1.82) is 0 Å². The fourth-order valence-electron chi connectivity index (χ4n) is 4.07. The summed E-state index contributed by atoms with van der Waals surface area (Å²) in [4.78, 5) is 20.1. The summed E-state index contributed by atoms with van der Waals surface area (Å²) in [5, 5.41) is 11.7. The summed E-state index contributed by atoms with van der Waals surface area (Å²) in [7, 11) is 0. The van der Waals surface area contributed by atoms with Crippen LogP contribution in [0.15, 0.2) is 41.5 Å². The molecule has 3 heterocycles. The van der Waals surface area contributed by atoms with E-state index in [0.29, 0.717) is 12.2 Å². The van der Waals surface area contributed by atoms with Crippen LogP contribution in [0.1, 0.15) is 51.0 Å². The Balaban J connectivity index is 1.68. The molecule has 1 aromatic heterocycles. The number of likely N-dealkylation sites (tertiary alicyclic amines) is 1. The number of nitrogens with one attached hydrogen (secondary N) is 2. The molecule has 0 unspecified atom stereocenters. The number of aryl methyl sites for hydroxylation is 1. The van der Waals surface area contributed by atoms with Crippen LogP contribution < -0.4 is 10.6 Å². The minimum Gasteiger partial charge on any atom is -0.370 e. The van der Waals surface area contributed by atoms with E-state index in [9.17, 15) is 4.79 Å². The van der Waals surface area contributed by atoms with Gasteiger partial charge < -0.3 is 15.5 Å². The van der Waals surface area contributed by atoms with Gasteiger partial charge in [0, 0.05) is 19.3 Å². The van der Waals surface area contributed by atoms with Gasteiger partial charge in [0.15, 0.2) is 0 Å². The van der Waals surface area contributed by atoms with Gasteiger partial charge in [-0.15, -0.1) is 0 Å². The molecule has 2 aliphatic rings. The third-order valence-corrected chi connectivity index (χ3v) is 5.42. The van der Waals surface area contributed by atoms with Crippen molar-refractivity contribution in [3.05, 3.63) is 42.2 Å². The summed E-state index contributed by atoms with van der Waals surface area (Å²) in [6.07, 6.45) is 3.67. The first-order valence-corrected chi connectivity index (χ1v) is 10.4. The summed E-state index contributed by atoms with van der Waals surface area (Å²) in [6.45, 7) is 10.3. The molecule has 154 valence electrons. The number of fused-ring (bicyclic) bond motifs is 1. The molecule has 0 saturated carbocycles. The van der Waals surface area contributed by atoms with Crippen molar-refractivity contribution in [2.24, 2.45) is 4.99 Å². The molecule has 2 aromatic rings. The molecule has 1 amide bonds. The Labute approximate surface area is 172 Å². The fraction of sp³-hybridized carbons (Fsp3) is 0.500. The number of hydrogen-bond donors (Lipinski definition) is 2. The number of para-hydroxylation sites is 2. The Hall–Kier alpha value is -2.83. The van der Waals surface area contributed by atoms with Crippen molar-refractivity contribution < 1.29 is 4.79 Å². The largest absolute Gasteiger partial charge is 0.370 e. The van der Waals surface area contributed by atoms with Crippen LogP contribution in [0.3, 0.4) is 0 Å². The molecule has 0 bridgehead atoms. The van der Waals surface area contributed by atoms with Gasteiger partial charge in [-0.25, -0.2) is 0 Å². The number of carbonyl (C=O) groups is 1. The van der Waals surface area contributed by atoms with Gasteiger partial charge in [0.1, 0.15) is 17.1 Å². The molecule has 7 heteroatoms. The number of anilines is 2. The van der Waals surface area contributed by atoms with Crippen molar-refractivity contribution in [2.75, 3.05) is 23.7 Å². The second kappa shape index (κ2) is 7.21. The second-order valence-corrected chi connectivity index (χ2v) is 8.90. The van der Waals surface area contributed by atoms with Crippen molar-refractivity contribution in [1.82, 2.24) is 14.7 Å². The zero-order valence-corrected chi connectivity index (χ0v) is 17.7. The average Bonchev–Trinajstić information content (AvgIpc) is 3.16. The Kier molecular flexibility index (Phi) is 4.84. The van der Waals surface area contributed by atoms with Crippen LogP contribution in [0.5, 0.6) is 0 Å². The molecule has 2 N–H and O–H groups in total. The maximum atomic E-state index is 13.2. The zero-order valence-electron chi connectivity index (χ0n) is 17.7. The van der Waals surface area contributed by atoms with E-state index in [1.54, 1.807) is 10.7 Å². The minimum absolute atomic E-state index is 0.0213. The third-order valence-electron chi connectivity index (χ3n) is 5.42. The van der Waals surface area contributed by atoms with E-state index in [1.165, 1.54) is 0 Å². The zero-order chi connectivity index (χ0) is 20.6. The van der Waals surface area contributed by atoms with Crippen LogP contribution >= 0.6 is 0 Å². The Morgan fingerprint density at radius 1 is 1.24 bits per heavy atom. The van der Waals surface area contributed by atoms with Crippen LogP contribution in [-0.4, -0.2) is 50.6 Å². The van der Waals surface area contributed by atoms with E-state index in [0.717, 1.165) is 43.1 Å². The van der Waals surface area contributed by atoms with E-state index >= 15 is 0 Å². The van der Waals surface area contributed by atoms with Gasteiger partial charge in [0.2, 0.25) is 0 Å². The van der Waals surface area contributed by atoms with Crippen LogP contribution in [0, 0.1) is 0 Å². The number of rotatable bonds is 2. The van der Waals surface area contributed by atoms with Crippen LogP contribution in [0.25, 0.3) is 0 Å². The molecule has 0 radical (unpaired) electrons. The van der Waals surface area contributed by atoms with Crippen LogP contribution in [0.2, 0.25) is 0 Å². The minimum atomic E-state index is -0.428. The second-order valence-electron chi connectivity index (χ2n) is 8.90. The highest BCUT2D eigenvalue weighted by molar-refractivity contribution is 6.10. The maximum Gasteiger partial charge on any atom is 0.274 e. The van der Waals surface area contributed by atoms with Gasteiger partial charge in [-0.3, -0.25) is 14.5 Å². The van der Waals surface area contributed by atoms with Gasteiger partial charge in [-0.1, -0.05) is 12.1 Å². The highest BCUT2D eigenvalue weighted by Crippen LogP contribution is 2.37. The molecule has 1 aromatic carbocycles. The van der Waals surface area contributed by atoms with Gasteiger partial charge in [0.05, 0.1) is 23.5 Å². The lowest BCUT2D eigenvalue weighted by molar-refractivity contribution is 0.0687. The third kappa shape index (κ3) is 3.86. The lowest BCUT2D eigenvalue weighted by Crippen LogP contribution is -2.63. The van der Waals surface area contributed by atoms with E-state index in [1.807, 2.05) is 30.2 Å². The number of carbonyl (C=O) groups excluding carboxylic acids is 1. The van der Waals surface area contributed by atoms with Crippen molar-refractivity contribution in [3.63, 3.8) is 0 Å². The van der Waals surface area contributed by atoms with E-state index < -0.39 is 5.54 Å². The summed E-state index contributed by atoms with van der Waals surface area (Å²) in [6, 6.07) is 9.97. The number of amides is 1. The Morgan fingerprint density at radius 2 is 2.00 bits per heavy atom. The number of amidine groups is 1. The SMILES string of the molecule is CCn1ccc(C(=O)N2CCC[C@@]3(C2)Nc2ccccc2NC3=NC(C)(C)C)n1. The van der Waals surface area contributed by atoms with Gasteiger partial charge in [-0.05, 0) is 58.7 Å².